The van der Waals surface area contributed by atoms with Gasteiger partial charge in [-0.05, 0) is 39.4 Å². The molecule has 0 aliphatic heterocycles. The summed E-state index contributed by atoms with van der Waals surface area (Å²) < 4.78 is 0. The van der Waals surface area contributed by atoms with E-state index < -0.39 is 0 Å². The van der Waals surface area contributed by atoms with Gasteiger partial charge in [-0.15, -0.1) is 5.10 Å². The smallest absolute Gasteiger partial charge is 0.151 e. The molecule has 1 heterocycles. The number of hydrogen-bond donors (Lipinski definition) is 0. The predicted octanol–water partition coefficient (Wildman–Crippen LogP) is 2.75. The van der Waals surface area contributed by atoms with E-state index in [0.717, 1.165) is 18.7 Å². The van der Waals surface area contributed by atoms with Crippen molar-refractivity contribution < 1.29 is 0 Å². The minimum atomic E-state index is 0.182. The van der Waals surface area contributed by atoms with E-state index in [2.05, 4.69) is 42.9 Å². The summed E-state index contributed by atoms with van der Waals surface area (Å²) in [6.07, 6.45) is 1.10. The van der Waals surface area contributed by atoms with E-state index in [4.69, 9.17) is 11.6 Å². The third kappa shape index (κ3) is 3.43. The van der Waals surface area contributed by atoms with Crippen molar-refractivity contribution >= 4 is 11.6 Å². The van der Waals surface area contributed by atoms with Crippen LogP contribution in [0.25, 0.3) is 0 Å². The van der Waals surface area contributed by atoms with Crippen LogP contribution in [-0.2, 0) is 6.54 Å². The first-order valence-corrected chi connectivity index (χ1v) is 5.53. The van der Waals surface area contributed by atoms with Crippen molar-refractivity contribution in [1.29, 1.82) is 0 Å². The molecule has 0 saturated carbocycles. The van der Waals surface area contributed by atoms with E-state index in [9.17, 15) is 0 Å². The molecule has 0 aliphatic rings. The normalized spacial score (nSPS) is 12.1. The summed E-state index contributed by atoms with van der Waals surface area (Å²) >= 11 is 5.68. The highest BCUT2D eigenvalue weighted by Gasteiger charge is 2.21. The number of nitrogens with zero attached hydrogens (tertiary/aromatic N) is 3. The maximum absolute atomic E-state index is 5.68. The van der Waals surface area contributed by atoms with Gasteiger partial charge < -0.3 is 0 Å². The average molecular weight is 228 g/mol. The maximum Gasteiger partial charge on any atom is 0.151 e. The molecule has 0 bridgehead atoms. The van der Waals surface area contributed by atoms with Crippen LogP contribution in [0.2, 0.25) is 5.15 Å². The Kier molecular flexibility index (Phi) is 4.05. The Balaban J connectivity index is 2.66. The van der Waals surface area contributed by atoms with E-state index >= 15 is 0 Å². The Bertz CT molecular complexity index is 308. The highest BCUT2D eigenvalue weighted by atomic mass is 35.5. The molecular weight excluding hydrogens is 210 g/mol. The molecule has 3 nitrogen and oxygen atoms in total. The lowest BCUT2D eigenvalue weighted by molar-refractivity contribution is 0.141. The molecule has 84 valence electrons. The number of aromatic nitrogens is 2. The van der Waals surface area contributed by atoms with Crippen molar-refractivity contribution in [2.45, 2.75) is 39.3 Å². The topological polar surface area (TPSA) is 29.0 Å². The summed E-state index contributed by atoms with van der Waals surface area (Å²) in [4.78, 5) is 2.27. The Hall–Kier alpha value is -0.670. The zero-order valence-electron chi connectivity index (χ0n) is 9.79. The third-order valence-electron chi connectivity index (χ3n) is 2.98. The molecule has 1 aromatic heterocycles. The van der Waals surface area contributed by atoms with Crippen LogP contribution in [0.4, 0.5) is 0 Å². The van der Waals surface area contributed by atoms with Gasteiger partial charge >= 0.3 is 0 Å². The summed E-state index contributed by atoms with van der Waals surface area (Å²) in [5.74, 6) is 0. The van der Waals surface area contributed by atoms with E-state index in [0.29, 0.717) is 5.15 Å². The second-order valence-electron chi connectivity index (χ2n) is 4.37. The van der Waals surface area contributed by atoms with Gasteiger partial charge in [0.2, 0.25) is 0 Å². The summed E-state index contributed by atoms with van der Waals surface area (Å²) in [7, 11) is 2.10. The van der Waals surface area contributed by atoms with Crippen molar-refractivity contribution in [3.63, 3.8) is 0 Å². The molecule has 0 atom stereocenters. The maximum atomic E-state index is 5.68. The Morgan fingerprint density at radius 3 is 2.47 bits per heavy atom. The molecule has 1 aromatic rings. The van der Waals surface area contributed by atoms with Crippen LogP contribution in [0.1, 0.15) is 32.9 Å². The average Bonchev–Trinajstić information content (AvgIpc) is 2.21. The fraction of sp³-hybridized carbons (Fsp3) is 0.636. The fourth-order valence-corrected chi connectivity index (χ4v) is 1.26. The molecule has 0 radical (unpaired) electrons. The molecule has 15 heavy (non-hydrogen) atoms. The molecule has 4 heteroatoms. The van der Waals surface area contributed by atoms with Gasteiger partial charge in [0.1, 0.15) is 0 Å². The minimum Gasteiger partial charge on any atom is -0.295 e. The Labute approximate surface area is 96.5 Å². The predicted molar refractivity (Wildman–Crippen MR) is 62.9 cm³/mol. The van der Waals surface area contributed by atoms with Crippen molar-refractivity contribution in [2.24, 2.45) is 0 Å². The first-order valence-electron chi connectivity index (χ1n) is 5.15. The second-order valence-corrected chi connectivity index (χ2v) is 4.76. The van der Waals surface area contributed by atoms with Gasteiger partial charge in [-0.2, -0.15) is 5.10 Å². The molecule has 0 saturated heterocycles. The van der Waals surface area contributed by atoms with Gasteiger partial charge in [0.15, 0.2) is 5.15 Å². The molecule has 0 N–H and O–H groups in total. The quantitative estimate of drug-likeness (QED) is 0.792. The molecule has 0 spiro atoms. The summed E-state index contributed by atoms with van der Waals surface area (Å²) in [5, 5.41) is 8.31. The SMILES string of the molecule is CCC(C)(C)N(C)Cc1ccc(Cl)nn1. The van der Waals surface area contributed by atoms with Gasteiger partial charge in [-0.25, -0.2) is 0 Å². The van der Waals surface area contributed by atoms with Gasteiger partial charge in [-0.3, -0.25) is 4.90 Å². The highest BCUT2D eigenvalue weighted by molar-refractivity contribution is 6.29. The molecule has 0 fully saturated rings. The monoisotopic (exact) mass is 227 g/mol. The van der Waals surface area contributed by atoms with Crippen molar-refractivity contribution in [3.05, 3.63) is 23.0 Å². The number of hydrogen-bond acceptors (Lipinski definition) is 3. The van der Waals surface area contributed by atoms with E-state index in [1.807, 2.05) is 6.07 Å². The zero-order chi connectivity index (χ0) is 11.5. The van der Waals surface area contributed by atoms with Crippen molar-refractivity contribution in [3.8, 4) is 0 Å². The lowest BCUT2D eigenvalue weighted by Crippen LogP contribution is -2.40. The standard InChI is InChI=1S/C11H18ClN3/c1-5-11(2,3)15(4)8-9-6-7-10(12)14-13-9/h6-7H,5,8H2,1-4H3. The third-order valence-corrected chi connectivity index (χ3v) is 3.19. The van der Waals surface area contributed by atoms with Crippen LogP contribution in [0, 0.1) is 0 Å². The van der Waals surface area contributed by atoms with Gasteiger partial charge in [0, 0.05) is 12.1 Å². The molecule has 0 aromatic carbocycles. The van der Waals surface area contributed by atoms with E-state index in [-0.39, 0.29) is 5.54 Å². The molecule has 0 unspecified atom stereocenters. The van der Waals surface area contributed by atoms with Crippen LogP contribution >= 0.6 is 11.6 Å². The second kappa shape index (κ2) is 4.90. The van der Waals surface area contributed by atoms with E-state index in [1.54, 1.807) is 6.07 Å². The highest BCUT2D eigenvalue weighted by Crippen LogP contribution is 2.18. The van der Waals surface area contributed by atoms with Crippen LogP contribution in [0.5, 0.6) is 0 Å². The molecule has 0 aliphatic carbocycles. The van der Waals surface area contributed by atoms with E-state index in [1.165, 1.54) is 0 Å². The molecule has 0 amide bonds. The minimum absolute atomic E-state index is 0.182. The largest absolute Gasteiger partial charge is 0.295 e. The summed E-state index contributed by atoms with van der Waals surface area (Å²) in [6, 6.07) is 3.69. The van der Waals surface area contributed by atoms with Crippen molar-refractivity contribution in [2.75, 3.05) is 7.05 Å². The number of halogens is 1. The number of rotatable bonds is 4. The first-order chi connectivity index (χ1) is 6.95. The zero-order valence-corrected chi connectivity index (χ0v) is 10.5. The van der Waals surface area contributed by atoms with Crippen LogP contribution in [0.3, 0.4) is 0 Å². The first kappa shape index (κ1) is 12.4. The lowest BCUT2D eigenvalue weighted by atomic mass is 10.00. The van der Waals surface area contributed by atoms with Gasteiger partial charge in [-0.1, -0.05) is 18.5 Å². The summed E-state index contributed by atoms with van der Waals surface area (Å²) in [6.45, 7) is 7.42. The van der Waals surface area contributed by atoms with Crippen molar-refractivity contribution in [1.82, 2.24) is 15.1 Å². The van der Waals surface area contributed by atoms with Crippen LogP contribution in [-0.4, -0.2) is 27.7 Å². The lowest BCUT2D eigenvalue weighted by Gasteiger charge is -2.34. The Morgan fingerprint density at radius 1 is 1.33 bits per heavy atom. The van der Waals surface area contributed by atoms with Crippen LogP contribution in [0.15, 0.2) is 12.1 Å². The molecular formula is C11H18ClN3. The Morgan fingerprint density at radius 2 is 2.00 bits per heavy atom. The summed E-state index contributed by atoms with van der Waals surface area (Å²) in [5.41, 5.74) is 1.13. The molecule has 1 rings (SSSR count). The van der Waals surface area contributed by atoms with Gasteiger partial charge in [0.05, 0.1) is 5.69 Å². The van der Waals surface area contributed by atoms with Crippen LogP contribution < -0.4 is 0 Å². The fourth-order valence-electron chi connectivity index (χ4n) is 1.15. The van der Waals surface area contributed by atoms with Gasteiger partial charge in [0.25, 0.3) is 0 Å².